The molecule has 1 aromatic heterocycles. The second kappa shape index (κ2) is 8.43. The molecule has 26 heavy (non-hydrogen) atoms. The van der Waals surface area contributed by atoms with Gasteiger partial charge in [0.25, 0.3) is 5.91 Å². The highest BCUT2D eigenvalue weighted by Gasteiger charge is 2.26. The van der Waals surface area contributed by atoms with E-state index < -0.39 is 5.97 Å². The third-order valence-electron chi connectivity index (χ3n) is 3.95. The zero-order valence-electron chi connectivity index (χ0n) is 14.9. The molecule has 0 aliphatic carbocycles. The van der Waals surface area contributed by atoms with Crippen LogP contribution in [0.5, 0.6) is 0 Å². The Morgan fingerprint density at radius 3 is 2.54 bits per heavy atom. The molecule has 0 aliphatic rings. The first-order chi connectivity index (χ1) is 12.3. The Balaban J connectivity index is 2.45. The van der Waals surface area contributed by atoms with Crippen LogP contribution in [0.2, 0.25) is 10.0 Å². The van der Waals surface area contributed by atoms with E-state index in [9.17, 15) is 9.59 Å². The van der Waals surface area contributed by atoms with Gasteiger partial charge in [0, 0.05) is 17.9 Å². The lowest BCUT2D eigenvalue weighted by molar-refractivity contribution is 0.0513. The van der Waals surface area contributed by atoms with Crippen LogP contribution >= 0.6 is 23.2 Å². The first-order valence-electron chi connectivity index (χ1n) is 8.05. The maximum Gasteiger partial charge on any atom is 0.355 e. The average molecular weight is 395 g/mol. The van der Waals surface area contributed by atoms with Crippen molar-refractivity contribution in [2.24, 2.45) is 0 Å². The molecular formula is C19H20Cl2N2O3. The molecule has 0 unspecified atom stereocenters. The van der Waals surface area contributed by atoms with E-state index in [0.717, 1.165) is 0 Å². The number of nitrogens with one attached hydrogen (secondary N) is 1. The summed E-state index contributed by atoms with van der Waals surface area (Å²) in [6, 6.07) is 4.83. The lowest BCUT2D eigenvalue weighted by atomic mass is 10.1. The molecule has 1 amide bonds. The summed E-state index contributed by atoms with van der Waals surface area (Å²) in [5.41, 5.74) is 2.49. The highest BCUT2D eigenvalue weighted by molar-refractivity contribution is 6.42. The van der Waals surface area contributed by atoms with Crippen molar-refractivity contribution in [3.8, 4) is 0 Å². The number of carbonyl (C=O) groups is 2. The molecular weight excluding hydrogens is 375 g/mol. The fourth-order valence-electron chi connectivity index (χ4n) is 2.82. The summed E-state index contributed by atoms with van der Waals surface area (Å²) in [6.45, 7) is 9.59. The molecule has 0 radical (unpaired) electrons. The SMILES string of the molecule is C=CCn1c(C)c(C(=O)Nc2ccc(Cl)c(Cl)c2)c(C)c1C(=O)OCC. The number of carbonyl (C=O) groups excluding carboxylic acids is 2. The number of esters is 1. The van der Waals surface area contributed by atoms with E-state index in [1.165, 1.54) is 0 Å². The van der Waals surface area contributed by atoms with E-state index in [1.54, 1.807) is 49.6 Å². The van der Waals surface area contributed by atoms with Gasteiger partial charge in [-0.1, -0.05) is 29.3 Å². The predicted molar refractivity (Wildman–Crippen MR) is 104 cm³/mol. The van der Waals surface area contributed by atoms with Crippen molar-refractivity contribution in [2.75, 3.05) is 11.9 Å². The van der Waals surface area contributed by atoms with Crippen LogP contribution < -0.4 is 5.32 Å². The number of ether oxygens (including phenoxy) is 1. The number of anilines is 1. The molecule has 2 aromatic rings. The van der Waals surface area contributed by atoms with Crippen LogP contribution in [0.1, 0.15) is 39.0 Å². The van der Waals surface area contributed by atoms with Crippen LogP contribution in [-0.2, 0) is 11.3 Å². The molecule has 0 saturated carbocycles. The van der Waals surface area contributed by atoms with Gasteiger partial charge < -0.3 is 14.6 Å². The Morgan fingerprint density at radius 1 is 1.27 bits per heavy atom. The second-order valence-electron chi connectivity index (χ2n) is 5.64. The summed E-state index contributed by atoms with van der Waals surface area (Å²) < 4.78 is 6.86. The molecule has 1 N–H and O–H groups in total. The predicted octanol–water partition coefficient (Wildman–Crippen LogP) is 5.03. The Bertz CT molecular complexity index is 872. The smallest absolute Gasteiger partial charge is 0.355 e. The van der Waals surface area contributed by atoms with E-state index in [0.29, 0.717) is 44.8 Å². The Hall–Kier alpha value is -2.24. The molecule has 0 bridgehead atoms. The molecule has 1 aromatic carbocycles. The van der Waals surface area contributed by atoms with Crippen LogP contribution in [0, 0.1) is 13.8 Å². The van der Waals surface area contributed by atoms with Gasteiger partial charge in [-0.05, 0) is 44.5 Å². The first kappa shape index (κ1) is 20.1. The van der Waals surface area contributed by atoms with Gasteiger partial charge >= 0.3 is 5.97 Å². The molecule has 0 fully saturated rings. The van der Waals surface area contributed by atoms with Gasteiger partial charge in [-0.15, -0.1) is 6.58 Å². The van der Waals surface area contributed by atoms with Crippen molar-refractivity contribution in [1.29, 1.82) is 0 Å². The summed E-state index contributed by atoms with van der Waals surface area (Å²) in [4.78, 5) is 25.2. The quantitative estimate of drug-likeness (QED) is 0.552. The lowest BCUT2D eigenvalue weighted by Gasteiger charge is -2.09. The fraction of sp³-hybridized carbons (Fsp3) is 0.263. The number of aromatic nitrogens is 1. The number of rotatable bonds is 6. The van der Waals surface area contributed by atoms with Gasteiger partial charge in [0.1, 0.15) is 5.69 Å². The minimum absolute atomic E-state index is 0.251. The van der Waals surface area contributed by atoms with Gasteiger partial charge in [0.05, 0.1) is 22.2 Å². The largest absolute Gasteiger partial charge is 0.461 e. The van der Waals surface area contributed by atoms with E-state index in [4.69, 9.17) is 27.9 Å². The monoisotopic (exact) mass is 394 g/mol. The molecule has 0 saturated heterocycles. The molecule has 2 rings (SSSR count). The van der Waals surface area contributed by atoms with E-state index >= 15 is 0 Å². The second-order valence-corrected chi connectivity index (χ2v) is 6.45. The molecule has 0 aliphatic heterocycles. The zero-order chi connectivity index (χ0) is 19.4. The van der Waals surface area contributed by atoms with Crippen molar-refractivity contribution >= 4 is 40.8 Å². The van der Waals surface area contributed by atoms with Gasteiger partial charge in [-0.2, -0.15) is 0 Å². The lowest BCUT2D eigenvalue weighted by Crippen LogP contribution is -2.14. The summed E-state index contributed by atoms with van der Waals surface area (Å²) in [5, 5.41) is 3.53. The molecule has 0 spiro atoms. The number of hydrogen-bond donors (Lipinski definition) is 1. The topological polar surface area (TPSA) is 60.3 Å². The Kier molecular flexibility index (Phi) is 6.51. The van der Waals surface area contributed by atoms with Crippen LogP contribution in [-0.4, -0.2) is 23.1 Å². The van der Waals surface area contributed by atoms with Gasteiger partial charge in [-0.25, -0.2) is 4.79 Å². The Labute approximate surface area is 162 Å². The van der Waals surface area contributed by atoms with E-state index in [2.05, 4.69) is 11.9 Å². The van der Waals surface area contributed by atoms with Crippen molar-refractivity contribution in [3.63, 3.8) is 0 Å². The maximum absolute atomic E-state index is 12.8. The van der Waals surface area contributed by atoms with E-state index in [1.807, 2.05) is 0 Å². The number of benzene rings is 1. The highest BCUT2D eigenvalue weighted by atomic mass is 35.5. The van der Waals surface area contributed by atoms with Crippen molar-refractivity contribution < 1.29 is 14.3 Å². The number of nitrogens with zero attached hydrogens (tertiary/aromatic N) is 1. The highest BCUT2D eigenvalue weighted by Crippen LogP contribution is 2.27. The summed E-state index contributed by atoms with van der Waals surface area (Å²) in [5.74, 6) is -0.810. The number of amides is 1. The zero-order valence-corrected chi connectivity index (χ0v) is 16.4. The van der Waals surface area contributed by atoms with E-state index in [-0.39, 0.29) is 12.5 Å². The van der Waals surface area contributed by atoms with Crippen LogP contribution in [0.25, 0.3) is 0 Å². The molecule has 1 heterocycles. The minimum atomic E-state index is -0.469. The normalized spacial score (nSPS) is 10.5. The first-order valence-corrected chi connectivity index (χ1v) is 8.81. The summed E-state index contributed by atoms with van der Waals surface area (Å²) >= 11 is 11.9. The molecule has 5 nitrogen and oxygen atoms in total. The average Bonchev–Trinajstić information content (AvgIpc) is 2.82. The van der Waals surface area contributed by atoms with Crippen LogP contribution in [0.3, 0.4) is 0 Å². The number of allylic oxidation sites excluding steroid dienone is 1. The van der Waals surface area contributed by atoms with Gasteiger partial charge in [0.15, 0.2) is 0 Å². The maximum atomic E-state index is 12.8. The Morgan fingerprint density at radius 2 is 1.96 bits per heavy atom. The molecule has 138 valence electrons. The van der Waals surface area contributed by atoms with Gasteiger partial charge in [-0.3, -0.25) is 4.79 Å². The number of halogens is 2. The summed E-state index contributed by atoms with van der Waals surface area (Å²) in [7, 11) is 0. The third kappa shape index (κ3) is 3.94. The van der Waals surface area contributed by atoms with Crippen molar-refractivity contribution in [2.45, 2.75) is 27.3 Å². The standard InChI is InChI=1S/C19H20Cl2N2O3/c1-5-9-23-12(4)16(11(3)17(23)19(25)26-6-2)18(24)22-13-7-8-14(20)15(21)10-13/h5,7-8,10H,1,6,9H2,2-4H3,(H,22,24). The molecule has 0 atom stereocenters. The van der Waals surface area contributed by atoms with Crippen molar-refractivity contribution in [1.82, 2.24) is 4.57 Å². The number of hydrogen-bond acceptors (Lipinski definition) is 3. The van der Waals surface area contributed by atoms with Crippen LogP contribution in [0.4, 0.5) is 5.69 Å². The van der Waals surface area contributed by atoms with Gasteiger partial charge in [0.2, 0.25) is 0 Å². The third-order valence-corrected chi connectivity index (χ3v) is 4.69. The summed E-state index contributed by atoms with van der Waals surface area (Å²) in [6.07, 6.45) is 1.66. The fourth-order valence-corrected chi connectivity index (χ4v) is 3.12. The minimum Gasteiger partial charge on any atom is -0.461 e. The molecule has 7 heteroatoms. The van der Waals surface area contributed by atoms with Crippen molar-refractivity contribution in [3.05, 3.63) is 63.4 Å². The van der Waals surface area contributed by atoms with Crippen LogP contribution in [0.15, 0.2) is 30.9 Å².